The number of carbonyl (C=O) groups is 2. The zero-order valence-electron chi connectivity index (χ0n) is 10.5. The minimum absolute atomic E-state index is 0.0846. The van der Waals surface area contributed by atoms with Crippen molar-refractivity contribution in [1.82, 2.24) is 10.2 Å². The van der Waals surface area contributed by atoms with E-state index < -0.39 is 18.0 Å². The molecule has 1 rings (SSSR count). The molecule has 2 atom stereocenters. The molecule has 2 unspecified atom stereocenters. The number of ether oxygens (including phenoxy) is 1. The van der Waals surface area contributed by atoms with Crippen molar-refractivity contribution in [2.45, 2.75) is 31.3 Å². The highest BCUT2D eigenvalue weighted by Gasteiger charge is 2.29. The van der Waals surface area contributed by atoms with Crippen LogP contribution in [-0.4, -0.2) is 66.1 Å². The molecule has 0 aromatic heterocycles. The van der Waals surface area contributed by atoms with Crippen LogP contribution >= 0.6 is 0 Å². The van der Waals surface area contributed by atoms with Gasteiger partial charge in [0.2, 0.25) is 0 Å². The lowest BCUT2D eigenvalue weighted by Gasteiger charge is -2.35. The van der Waals surface area contributed by atoms with Crippen LogP contribution in [0.2, 0.25) is 0 Å². The summed E-state index contributed by atoms with van der Waals surface area (Å²) in [6.45, 7) is 0.352. The standard InChI is InChI=1S/C11H20N2O5/c1-18-7-9(10(15)16)12-11(17)13-5-3-2-4-8(13)6-14/h8-9,14H,2-7H2,1H3,(H,12,17)(H,15,16). The fourth-order valence-corrected chi connectivity index (χ4v) is 2.03. The van der Waals surface area contributed by atoms with Gasteiger partial charge in [0.05, 0.1) is 19.3 Å². The SMILES string of the molecule is COCC(NC(=O)N1CCCCC1CO)C(=O)O. The monoisotopic (exact) mass is 260 g/mol. The minimum atomic E-state index is -1.14. The summed E-state index contributed by atoms with van der Waals surface area (Å²) in [6.07, 6.45) is 2.58. The zero-order chi connectivity index (χ0) is 13.5. The van der Waals surface area contributed by atoms with E-state index in [4.69, 9.17) is 9.84 Å². The number of carboxylic acid groups (broad SMARTS) is 1. The Morgan fingerprint density at radius 1 is 1.50 bits per heavy atom. The van der Waals surface area contributed by atoms with Crippen LogP contribution in [0.15, 0.2) is 0 Å². The van der Waals surface area contributed by atoms with E-state index in [0.717, 1.165) is 19.3 Å². The maximum Gasteiger partial charge on any atom is 0.328 e. The number of piperidine rings is 1. The van der Waals surface area contributed by atoms with Crippen LogP contribution in [0.4, 0.5) is 4.79 Å². The number of urea groups is 1. The molecule has 0 spiro atoms. The third kappa shape index (κ3) is 3.85. The average molecular weight is 260 g/mol. The van der Waals surface area contributed by atoms with Crippen LogP contribution in [0.3, 0.4) is 0 Å². The number of hydrogen-bond acceptors (Lipinski definition) is 4. The summed E-state index contributed by atoms with van der Waals surface area (Å²) >= 11 is 0. The summed E-state index contributed by atoms with van der Waals surface area (Å²) in [5, 5.41) is 20.5. The summed E-state index contributed by atoms with van der Waals surface area (Å²) < 4.78 is 4.74. The fourth-order valence-electron chi connectivity index (χ4n) is 2.03. The predicted molar refractivity (Wildman–Crippen MR) is 63.3 cm³/mol. The van der Waals surface area contributed by atoms with E-state index in [2.05, 4.69) is 5.32 Å². The predicted octanol–water partition coefficient (Wildman–Crippen LogP) is -0.358. The van der Waals surface area contributed by atoms with Crippen LogP contribution in [0.25, 0.3) is 0 Å². The summed E-state index contributed by atoms with van der Waals surface area (Å²) in [5.74, 6) is -1.14. The molecule has 0 aliphatic carbocycles. The van der Waals surface area contributed by atoms with Crippen molar-refractivity contribution in [3.05, 3.63) is 0 Å². The highest BCUT2D eigenvalue weighted by molar-refractivity contribution is 5.82. The van der Waals surface area contributed by atoms with Crippen molar-refractivity contribution < 1.29 is 24.5 Å². The maximum atomic E-state index is 11.9. The van der Waals surface area contributed by atoms with Gasteiger partial charge < -0.3 is 25.2 Å². The number of rotatable bonds is 5. The third-order valence-electron chi connectivity index (χ3n) is 3.03. The van der Waals surface area contributed by atoms with Gasteiger partial charge in [-0.25, -0.2) is 9.59 Å². The number of aliphatic hydroxyl groups is 1. The van der Waals surface area contributed by atoms with Gasteiger partial charge in [-0.05, 0) is 19.3 Å². The lowest BCUT2D eigenvalue weighted by atomic mass is 10.0. The Bertz CT molecular complexity index is 297. The number of methoxy groups -OCH3 is 1. The second-order valence-electron chi connectivity index (χ2n) is 4.32. The first-order chi connectivity index (χ1) is 8.60. The van der Waals surface area contributed by atoms with Gasteiger partial charge in [0.25, 0.3) is 0 Å². The Balaban J connectivity index is 2.58. The Morgan fingerprint density at radius 2 is 2.22 bits per heavy atom. The first-order valence-electron chi connectivity index (χ1n) is 6.00. The number of aliphatic hydroxyl groups excluding tert-OH is 1. The van der Waals surface area contributed by atoms with Gasteiger partial charge in [-0.15, -0.1) is 0 Å². The first kappa shape index (κ1) is 14.7. The van der Waals surface area contributed by atoms with E-state index in [1.54, 1.807) is 0 Å². The Morgan fingerprint density at radius 3 is 2.78 bits per heavy atom. The van der Waals surface area contributed by atoms with Crippen molar-refractivity contribution >= 4 is 12.0 Å². The number of likely N-dealkylation sites (tertiary alicyclic amines) is 1. The van der Waals surface area contributed by atoms with Gasteiger partial charge in [0.15, 0.2) is 6.04 Å². The molecule has 0 aromatic rings. The molecule has 0 radical (unpaired) electrons. The van der Waals surface area contributed by atoms with E-state index in [-0.39, 0.29) is 19.3 Å². The molecule has 1 fully saturated rings. The van der Waals surface area contributed by atoms with E-state index in [9.17, 15) is 14.7 Å². The van der Waals surface area contributed by atoms with Crippen molar-refractivity contribution in [2.24, 2.45) is 0 Å². The zero-order valence-corrected chi connectivity index (χ0v) is 10.5. The average Bonchev–Trinajstić information content (AvgIpc) is 2.37. The van der Waals surface area contributed by atoms with Gasteiger partial charge in [-0.3, -0.25) is 0 Å². The topological polar surface area (TPSA) is 99.1 Å². The van der Waals surface area contributed by atoms with Crippen LogP contribution in [0.1, 0.15) is 19.3 Å². The Hall–Kier alpha value is -1.34. The van der Waals surface area contributed by atoms with Crippen molar-refractivity contribution in [1.29, 1.82) is 0 Å². The second kappa shape index (κ2) is 7.17. The van der Waals surface area contributed by atoms with Gasteiger partial charge in [0, 0.05) is 13.7 Å². The second-order valence-corrected chi connectivity index (χ2v) is 4.32. The quantitative estimate of drug-likeness (QED) is 0.627. The lowest BCUT2D eigenvalue weighted by Crippen LogP contribution is -2.54. The van der Waals surface area contributed by atoms with E-state index in [1.165, 1.54) is 12.0 Å². The largest absolute Gasteiger partial charge is 0.480 e. The van der Waals surface area contributed by atoms with E-state index >= 15 is 0 Å². The molecular formula is C11H20N2O5. The Kier molecular flexibility index (Phi) is 5.87. The van der Waals surface area contributed by atoms with Crippen molar-refractivity contribution in [2.75, 3.05) is 26.9 Å². The van der Waals surface area contributed by atoms with Gasteiger partial charge in [0.1, 0.15) is 0 Å². The van der Waals surface area contributed by atoms with Gasteiger partial charge in [-0.1, -0.05) is 0 Å². The van der Waals surface area contributed by atoms with Crippen LogP contribution < -0.4 is 5.32 Å². The summed E-state index contributed by atoms with van der Waals surface area (Å²) in [4.78, 5) is 24.3. The van der Waals surface area contributed by atoms with E-state index in [0.29, 0.717) is 6.54 Å². The highest BCUT2D eigenvalue weighted by Crippen LogP contribution is 2.16. The van der Waals surface area contributed by atoms with Crippen LogP contribution in [0, 0.1) is 0 Å². The molecule has 7 nitrogen and oxygen atoms in total. The highest BCUT2D eigenvalue weighted by atomic mass is 16.5. The number of nitrogens with zero attached hydrogens (tertiary/aromatic N) is 1. The molecule has 1 saturated heterocycles. The molecule has 3 N–H and O–H groups in total. The molecule has 2 amide bonds. The molecule has 104 valence electrons. The molecule has 0 aromatic carbocycles. The lowest BCUT2D eigenvalue weighted by molar-refractivity contribution is -0.140. The molecule has 0 saturated carbocycles. The van der Waals surface area contributed by atoms with Gasteiger partial charge >= 0.3 is 12.0 Å². The third-order valence-corrected chi connectivity index (χ3v) is 3.03. The summed E-state index contributed by atoms with van der Waals surface area (Å²) in [7, 11) is 1.37. The smallest absolute Gasteiger partial charge is 0.328 e. The first-order valence-corrected chi connectivity index (χ1v) is 6.00. The minimum Gasteiger partial charge on any atom is -0.480 e. The maximum absolute atomic E-state index is 11.9. The molecule has 18 heavy (non-hydrogen) atoms. The fraction of sp³-hybridized carbons (Fsp3) is 0.818. The number of nitrogens with one attached hydrogen (secondary N) is 1. The molecule has 0 bridgehead atoms. The molecule has 1 aliphatic rings. The molecule has 1 aliphatic heterocycles. The molecule has 7 heteroatoms. The van der Waals surface area contributed by atoms with Crippen molar-refractivity contribution in [3.8, 4) is 0 Å². The Labute approximate surface area is 106 Å². The number of carbonyl (C=O) groups excluding carboxylic acids is 1. The number of carboxylic acids is 1. The number of aliphatic carboxylic acids is 1. The van der Waals surface area contributed by atoms with Crippen molar-refractivity contribution in [3.63, 3.8) is 0 Å². The van der Waals surface area contributed by atoms with Gasteiger partial charge in [-0.2, -0.15) is 0 Å². The molecular weight excluding hydrogens is 240 g/mol. The number of amides is 2. The van der Waals surface area contributed by atoms with Crippen LogP contribution in [-0.2, 0) is 9.53 Å². The van der Waals surface area contributed by atoms with E-state index in [1.807, 2.05) is 0 Å². The molecule has 1 heterocycles. The van der Waals surface area contributed by atoms with Crippen LogP contribution in [0.5, 0.6) is 0 Å². The summed E-state index contributed by atoms with van der Waals surface area (Å²) in [5.41, 5.74) is 0. The normalized spacial score (nSPS) is 21.4. The summed E-state index contributed by atoms with van der Waals surface area (Å²) in [6, 6.07) is -1.75. The number of hydrogen-bond donors (Lipinski definition) is 3.